The van der Waals surface area contributed by atoms with Gasteiger partial charge in [-0.25, -0.2) is 0 Å². The summed E-state index contributed by atoms with van der Waals surface area (Å²) in [5, 5.41) is 0. The highest BCUT2D eigenvalue weighted by molar-refractivity contribution is 5.96. The van der Waals surface area contributed by atoms with Gasteiger partial charge in [-0.05, 0) is 31.4 Å². The largest absolute Gasteiger partial charge is 0.328 e. The van der Waals surface area contributed by atoms with Gasteiger partial charge in [0.2, 0.25) is 0 Å². The molecule has 1 atom stereocenters. The molecule has 0 aliphatic carbocycles. The third-order valence-electron chi connectivity index (χ3n) is 2.48. The first-order chi connectivity index (χ1) is 7.13. The number of carbonyl (C=O) groups excluding carboxylic acids is 1. The molecule has 0 aliphatic rings. The molecule has 1 aromatic rings. The van der Waals surface area contributed by atoms with Crippen molar-refractivity contribution in [2.45, 2.75) is 39.2 Å². The van der Waals surface area contributed by atoms with Crippen molar-refractivity contribution in [1.82, 2.24) is 0 Å². The zero-order valence-corrected chi connectivity index (χ0v) is 9.49. The van der Waals surface area contributed by atoms with E-state index in [1.807, 2.05) is 31.2 Å². The van der Waals surface area contributed by atoms with Crippen molar-refractivity contribution >= 4 is 5.78 Å². The van der Waals surface area contributed by atoms with Gasteiger partial charge in [-0.3, -0.25) is 4.79 Å². The predicted molar refractivity (Wildman–Crippen MR) is 63.0 cm³/mol. The van der Waals surface area contributed by atoms with Gasteiger partial charge in [-0.2, -0.15) is 0 Å². The molecule has 2 nitrogen and oxygen atoms in total. The van der Waals surface area contributed by atoms with Crippen LogP contribution in [0.5, 0.6) is 0 Å². The summed E-state index contributed by atoms with van der Waals surface area (Å²) in [5.74, 6) is 0.197. The molecule has 0 radical (unpaired) electrons. The standard InChI is InChI=1S/C13H19NO/c1-3-11-5-4-6-12(9-11)13(15)8-7-10(2)14/h4-6,9-10H,3,7-8,14H2,1-2H3. The number of rotatable bonds is 5. The van der Waals surface area contributed by atoms with Gasteiger partial charge in [0, 0.05) is 18.0 Å². The SMILES string of the molecule is CCc1cccc(C(=O)CCC(C)N)c1. The molecule has 0 amide bonds. The van der Waals surface area contributed by atoms with Crippen LogP contribution in [0.15, 0.2) is 24.3 Å². The molecule has 15 heavy (non-hydrogen) atoms. The Hall–Kier alpha value is -1.15. The van der Waals surface area contributed by atoms with Crippen LogP contribution in [0.25, 0.3) is 0 Å². The third-order valence-corrected chi connectivity index (χ3v) is 2.48. The Bertz CT molecular complexity index is 331. The lowest BCUT2D eigenvalue weighted by atomic mass is 10.0. The van der Waals surface area contributed by atoms with Crippen LogP contribution >= 0.6 is 0 Å². The normalized spacial score (nSPS) is 12.5. The lowest BCUT2D eigenvalue weighted by molar-refractivity contribution is 0.0978. The highest BCUT2D eigenvalue weighted by atomic mass is 16.1. The smallest absolute Gasteiger partial charge is 0.162 e. The fourth-order valence-corrected chi connectivity index (χ4v) is 1.47. The van der Waals surface area contributed by atoms with Crippen molar-refractivity contribution in [3.05, 3.63) is 35.4 Å². The Morgan fingerprint density at radius 1 is 1.47 bits per heavy atom. The summed E-state index contributed by atoms with van der Waals surface area (Å²) >= 11 is 0. The summed E-state index contributed by atoms with van der Waals surface area (Å²) in [6, 6.07) is 7.94. The van der Waals surface area contributed by atoms with E-state index >= 15 is 0 Å². The molecule has 82 valence electrons. The average Bonchev–Trinajstić information content (AvgIpc) is 2.26. The van der Waals surface area contributed by atoms with E-state index < -0.39 is 0 Å². The molecule has 0 aromatic heterocycles. The zero-order chi connectivity index (χ0) is 11.3. The number of carbonyl (C=O) groups is 1. The number of hydrogen-bond acceptors (Lipinski definition) is 2. The molecule has 0 saturated heterocycles. The zero-order valence-electron chi connectivity index (χ0n) is 9.49. The summed E-state index contributed by atoms with van der Waals surface area (Å²) < 4.78 is 0. The van der Waals surface area contributed by atoms with Gasteiger partial charge in [0.15, 0.2) is 5.78 Å². The van der Waals surface area contributed by atoms with E-state index in [4.69, 9.17) is 5.73 Å². The Kier molecular flexibility index (Phi) is 4.50. The number of aryl methyl sites for hydroxylation is 1. The van der Waals surface area contributed by atoms with Crippen molar-refractivity contribution in [1.29, 1.82) is 0 Å². The summed E-state index contributed by atoms with van der Waals surface area (Å²) in [6.07, 6.45) is 2.27. The van der Waals surface area contributed by atoms with Gasteiger partial charge in [-0.1, -0.05) is 25.1 Å². The van der Waals surface area contributed by atoms with Crippen LogP contribution in [-0.4, -0.2) is 11.8 Å². The van der Waals surface area contributed by atoms with E-state index in [1.54, 1.807) is 0 Å². The number of ketones is 1. The first-order valence-corrected chi connectivity index (χ1v) is 5.51. The number of Topliss-reactive ketones (excluding diaryl/α,β-unsaturated/α-hetero) is 1. The molecule has 0 aliphatic heterocycles. The lowest BCUT2D eigenvalue weighted by Crippen LogP contribution is -2.16. The molecular formula is C13H19NO. The summed E-state index contributed by atoms with van der Waals surface area (Å²) in [7, 11) is 0. The topological polar surface area (TPSA) is 43.1 Å². The van der Waals surface area contributed by atoms with Crippen molar-refractivity contribution in [3.63, 3.8) is 0 Å². The van der Waals surface area contributed by atoms with Crippen LogP contribution in [0.3, 0.4) is 0 Å². The molecule has 0 spiro atoms. The minimum atomic E-state index is 0.100. The highest BCUT2D eigenvalue weighted by Gasteiger charge is 2.07. The molecule has 0 bridgehead atoms. The molecule has 1 aromatic carbocycles. The van der Waals surface area contributed by atoms with E-state index in [-0.39, 0.29) is 11.8 Å². The van der Waals surface area contributed by atoms with E-state index in [0.717, 1.165) is 18.4 Å². The second kappa shape index (κ2) is 5.66. The van der Waals surface area contributed by atoms with E-state index in [1.165, 1.54) is 5.56 Å². The number of nitrogens with two attached hydrogens (primary N) is 1. The minimum absolute atomic E-state index is 0.100. The van der Waals surface area contributed by atoms with Gasteiger partial charge >= 0.3 is 0 Å². The second-order valence-corrected chi connectivity index (χ2v) is 3.99. The van der Waals surface area contributed by atoms with Gasteiger partial charge in [-0.15, -0.1) is 0 Å². The van der Waals surface area contributed by atoms with E-state index in [0.29, 0.717) is 6.42 Å². The molecular weight excluding hydrogens is 186 g/mol. The van der Waals surface area contributed by atoms with Crippen LogP contribution in [0, 0.1) is 0 Å². The maximum atomic E-state index is 11.8. The number of benzene rings is 1. The Morgan fingerprint density at radius 3 is 2.80 bits per heavy atom. The van der Waals surface area contributed by atoms with Gasteiger partial charge in [0.1, 0.15) is 0 Å². The van der Waals surface area contributed by atoms with E-state index in [9.17, 15) is 4.79 Å². The van der Waals surface area contributed by atoms with Crippen molar-refractivity contribution in [3.8, 4) is 0 Å². The van der Waals surface area contributed by atoms with E-state index in [2.05, 4.69) is 6.92 Å². The van der Waals surface area contributed by atoms with Crippen LogP contribution in [-0.2, 0) is 6.42 Å². The molecule has 0 saturated carbocycles. The monoisotopic (exact) mass is 205 g/mol. The maximum absolute atomic E-state index is 11.8. The second-order valence-electron chi connectivity index (χ2n) is 3.99. The fourth-order valence-electron chi connectivity index (χ4n) is 1.47. The molecule has 0 heterocycles. The fraction of sp³-hybridized carbons (Fsp3) is 0.462. The van der Waals surface area contributed by atoms with Gasteiger partial charge < -0.3 is 5.73 Å². The minimum Gasteiger partial charge on any atom is -0.328 e. The summed E-state index contributed by atoms with van der Waals surface area (Å²) in [5.41, 5.74) is 7.65. The van der Waals surface area contributed by atoms with Crippen LogP contribution < -0.4 is 5.73 Å². The Morgan fingerprint density at radius 2 is 2.20 bits per heavy atom. The quantitative estimate of drug-likeness (QED) is 0.751. The molecule has 1 rings (SSSR count). The predicted octanol–water partition coefficient (Wildman–Crippen LogP) is 2.56. The first-order valence-electron chi connectivity index (χ1n) is 5.51. The summed E-state index contributed by atoms with van der Waals surface area (Å²) in [4.78, 5) is 11.8. The Balaban J connectivity index is 2.65. The Labute approximate surface area is 91.5 Å². The van der Waals surface area contributed by atoms with Gasteiger partial charge in [0.05, 0.1) is 0 Å². The third kappa shape index (κ3) is 3.84. The maximum Gasteiger partial charge on any atom is 0.162 e. The number of hydrogen-bond donors (Lipinski definition) is 1. The van der Waals surface area contributed by atoms with Crippen molar-refractivity contribution < 1.29 is 4.79 Å². The highest BCUT2D eigenvalue weighted by Crippen LogP contribution is 2.10. The average molecular weight is 205 g/mol. The van der Waals surface area contributed by atoms with Crippen molar-refractivity contribution in [2.75, 3.05) is 0 Å². The van der Waals surface area contributed by atoms with Gasteiger partial charge in [0.25, 0.3) is 0 Å². The van der Waals surface area contributed by atoms with Crippen LogP contribution in [0.2, 0.25) is 0 Å². The lowest BCUT2D eigenvalue weighted by Gasteiger charge is -2.05. The molecule has 0 fully saturated rings. The van der Waals surface area contributed by atoms with Crippen LogP contribution in [0.1, 0.15) is 42.6 Å². The van der Waals surface area contributed by atoms with Crippen molar-refractivity contribution in [2.24, 2.45) is 5.73 Å². The van der Waals surface area contributed by atoms with Crippen LogP contribution in [0.4, 0.5) is 0 Å². The molecule has 1 unspecified atom stereocenters. The molecule has 2 N–H and O–H groups in total. The molecule has 2 heteroatoms. The summed E-state index contributed by atoms with van der Waals surface area (Å²) in [6.45, 7) is 4.02. The first kappa shape index (κ1) is 11.9.